The summed E-state index contributed by atoms with van der Waals surface area (Å²) < 4.78 is 18.8. The van der Waals surface area contributed by atoms with Crippen molar-refractivity contribution in [1.82, 2.24) is 5.32 Å². The Kier molecular flexibility index (Phi) is 9.19. The molecule has 0 aliphatic heterocycles. The molecule has 2 rings (SSSR count). The molecule has 0 amide bonds. The Morgan fingerprint density at radius 1 is 0.885 bits per heavy atom. The minimum atomic E-state index is -0.193. The van der Waals surface area contributed by atoms with Crippen molar-refractivity contribution in [3.05, 3.63) is 65.5 Å². The van der Waals surface area contributed by atoms with E-state index >= 15 is 0 Å². The van der Waals surface area contributed by atoms with Crippen molar-refractivity contribution in [2.24, 2.45) is 0 Å². The molecule has 0 radical (unpaired) electrons. The topological polar surface area (TPSA) is 21.3 Å². The van der Waals surface area contributed by atoms with E-state index in [4.69, 9.17) is 4.74 Å². The average Bonchev–Trinajstić information content (AvgIpc) is 2.67. The molecule has 0 aromatic heterocycles. The highest BCUT2D eigenvalue weighted by molar-refractivity contribution is 5.29. The van der Waals surface area contributed by atoms with Crippen LogP contribution in [0.1, 0.15) is 69.5 Å². The third-order valence-corrected chi connectivity index (χ3v) is 4.67. The third kappa shape index (κ3) is 7.17. The van der Waals surface area contributed by atoms with Crippen molar-refractivity contribution in [2.45, 2.75) is 65.0 Å². The van der Waals surface area contributed by atoms with Crippen LogP contribution < -0.4 is 10.1 Å². The summed E-state index contributed by atoms with van der Waals surface area (Å²) in [5, 5.41) is 3.55. The molecule has 1 unspecified atom stereocenters. The van der Waals surface area contributed by atoms with Crippen LogP contribution in [-0.2, 0) is 6.54 Å². The van der Waals surface area contributed by atoms with Gasteiger partial charge in [0.2, 0.25) is 0 Å². The van der Waals surface area contributed by atoms with Crippen LogP contribution in [0.25, 0.3) is 0 Å². The molecule has 26 heavy (non-hydrogen) atoms. The number of benzene rings is 2. The summed E-state index contributed by atoms with van der Waals surface area (Å²) in [5.74, 6) is 0.749. The van der Waals surface area contributed by atoms with Crippen LogP contribution >= 0.6 is 0 Å². The van der Waals surface area contributed by atoms with Gasteiger partial charge in [0.15, 0.2) is 0 Å². The van der Waals surface area contributed by atoms with Gasteiger partial charge in [-0.1, -0.05) is 63.8 Å². The van der Waals surface area contributed by atoms with Gasteiger partial charge in [-0.3, -0.25) is 0 Å². The second-order valence-electron chi connectivity index (χ2n) is 6.80. The zero-order valence-electron chi connectivity index (χ0n) is 16.1. The lowest BCUT2D eigenvalue weighted by atomic mass is 10.0. The van der Waals surface area contributed by atoms with Gasteiger partial charge >= 0.3 is 0 Å². The first-order valence-corrected chi connectivity index (χ1v) is 9.93. The van der Waals surface area contributed by atoms with E-state index < -0.39 is 0 Å². The van der Waals surface area contributed by atoms with Crippen LogP contribution in [0.15, 0.2) is 48.5 Å². The first-order chi connectivity index (χ1) is 12.7. The van der Waals surface area contributed by atoms with Gasteiger partial charge in [-0.25, -0.2) is 4.39 Å². The molecule has 0 saturated carbocycles. The fourth-order valence-corrected chi connectivity index (χ4v) is 3.03. The maximum absolute atomic E-state index is 13.0. The highest BCUT2D eigenvalue weighted by Crippen LogP contribution is 2.21. The quantitative estimate of drug-likeness (QED) is 0.443. The average molecular weight is 358 g/mol. The first kappa shape index (κ1) is 20.4. The Morgan fingerprint density at radius 3 is 2.23 bits per heavy atom. The standard InChI is InChI=1S/C23H32FNO/c1-3-5-6-7-8-17-26-22-15-11-20(12-16-22)23(4-2)25-18-19-9-13-21(24)14-10-19/h9-16,23,25H,3-8,17-18H2,1-2H3. The van der Waals surface area contributed by atoms with Gasteiger partial charge < -0.3 is 10.1 Å². The first-order valence-electron chi connectivity index (χ1n) is 9.93. The fourth-order valence-electron chi connectivity index (χ4n) is 3.03. The number of unbranched alkanes of at least 4 members (excludes halogenated alkanes) is 4. The Hall–Kier alpha value is -1.87. The summed E-state index contributed by atoms with van der Waals surface area (Å²) in [4.78, 5) is 0. The number of halogens is 1. The van der Waals surface area contributed by atoms with Crippen molar-refractivity contribution in [1.29, 1.82) is 0 Å². The molecule has 2 nitrogen and oxygen atoms in total. The zero-order valence-corrected chi connectivity index (χ0v) is 16.1. The normalized spacial score (nSPS) is 12.1. The molecule has 0 saturated heterocycles. The van der Waals surface area contributed by atoms with Crippen molar-refractivity contribution in [3.63, 3.8) is 0 Å². The lowest BCUT2D eigenvalue weighted by Gasteiger charge is -2.18. The molecule has 0 aliphatic carbocycles. The second kappa shape index (κ2) is 11.7. The van der Waals surface area contributed by atoms with Crippen molar-refractivity contribution < 1.29 is 9.13 Å². The van der Waals surface area contributed by atoms with E-state index in [0.29, 0.717) is 0 Å². The molecule has 1 N–H and O–H groups in total. The van der Waals surface area contributed by atoms with Crippen LogP contribution in [0.3, 0.4) is 0 Å². The molecule has 1 atom stereocenters. The molecule has 0 fully saturated rings. The maximum Gasteiger partial charge on any atom is 0.123 e. The van der Waals surface area contributed by atoms with E-state index in [1.54, 1.807) is 0 Å². The van der Waals surface area contributed by atoms with Gasteiger partial charge in [0.05, 0.1) is 6.61 Å². The molecule has 3 heteroatoms. The molecular weight excluding hydrogens is 325 g/mol. The van der Waals surface area contributed by atoms with Gasteiger partial charge in [0.25, 0.3) is 0 Å². The number of rotatable bonds is 12. The summed E-state index contributed by atoms with van der Waals surface area (Å²) in [5.41, 5.74) is 2.35. The van der Waals surface area contributed by atoms with Gasteiger partial charge in [0.1, 0.15) is 11.6 Å². The molecule has 0 heterocycles. The maximum atomic E-state index is 13.0. The van der Waals surface area contributed by atoms with E-state index in [9.17, 15) is 4.39 Å². The Bertz CT molecular complexity index is 609. The van der Waals surface area contributed by atoms with Crippen molar-refractivity contribution in [3.8, 4) is 5.75 Å². The smallest absolute Gasteiger partial charge is 0.123 e. The molecule has 0 bridgehead atoms. The van der Waals surface area contributed by atoms with Crippen LogP contribution in [0.2, 0.25) is 0 Å². The van der Waals surface area contributed by atoms with Gasteiger partial charge in [-0.15, -0.1) is 0 Å². The zero-order chi connectivity index (χ0) is 18.6. The minimum absolute atomic E-state index is 0.193. The van der Waals surface area contributed by atoms with Gasteiger partial charge in [-0.2, -0.15) is 0 Å². The van der Waals surface area contributed by atoms with E-state index in [-0.39, 0.29) is 11.9 Å². The Labute approximate surface area is 157 Å². The molecule has 0 spiro atoms. The number of hydrogen-bond donors (Lipinski definition) is 1. The van der Waals surface area contributed by atoms with E-state index in [0.717, 1.165) is 37.3 Å². The number of nitrogens with one attached hydrogen (secondary N) is 1. The second-order valence-corrected chi connectivity index (χ2v) is 6.80. The van der Waals surface area contributed by atoms with Crippen LogP contribution in [0.4, 0.5) is 4.39 Å². The molecule has 2 aromatic carbocycles. The van der Waals surface area contributed by atoms with Gasteiger partial charge in [0, 0.05) is 12.6 Å². The van der Waals surface area contributed by atoms with E-state index in [1.807, 2.05) is 12.1 Å². The molecule has 0 aliphatic rings. The monoisotopic (exact) mass is 357 g/mol. The number of ether oxygens (including phenoxy) is 1. The third-order valence-electron chi connectivity index (χ3n) is 4.67. The largest absolute Gasteiger partial charge is 0.494 e. The minimum Gasteiger partial charge on any atom is -0.494 e. The summed E-state index contributed by atoms with van der Waals surface area (Å²) in [6.45, 7) is 5.93. The summed E-state index contributed by atoms with van der Waals surface area (Å²) in [7, 11) is 0. The van der Waals surface area contributed by atoms with E-state index in [2.05, 4.69) is 43.4 Å². The molecule has 142 valence electrons. The van der Waals surface area contributed by atoms with Crippen LogP contribution in [0.5, 0.6) is 5.75 Å². The fraction of sp³-hybridized carbons (Fsp3) is 0.478. The highest BCUT2D eigenvalue weighted by atomic mass is 19.1. The number of hydrogen-bond acceptors (Lipinski definition) is 2. The van der Waals surface area contributed by atoms with E-state index in [1.165, 1.54) is 43.4 Å². The predicted molar refractivity (Wildman–Crippen MR) is 107 cm³/mol. The summed E-state index contributed by atoms with van der Waals surface area (Å²) in [6.07, 6.45) is 7.26. The van der Waals surface area contributed by atoms with Crippen LogP contribution in [0, 0.1) is 5.82 Å². The Morgan fingerprint density at radius 2 is 1.58 bits per heavy atom. The lowest BCUT2D eigenvalue weighted by Crippen LogP contribution is -2.20. The van der Waals surface area contributed by atoms with Gasteiger partial charge in [-0.05, 0) is 48.2 Å². The SMILES string of the molecule is CCCCCCCOc1ccc(C(CC)NCc2ccc(F)cc2)cc1. The lowest BCUT2D eigenvalue weighted by molar-refractivity contribution is 0.304. The Balaban J connectivity index is 1.78. The van der Waals surface area contributed by atoms with Crippen molar-refractivity contribution >= 4 is 0 Å². The van der Waals surface area contributed by atoms with Crippen LogP contribution in [-0.4, -0.2) is 6.61 Å². The molecular formula is C23H32FNO. The summed E-state index contributed by atoms with van der Waals surface area (Å²) >= 11 is 0. The highest BCUT2D eigenvalue weighted by Gasteiger charge is 2.09. The van der Waals surface area contributed by atoms with Crippen molar-refractivity contribution in [2.75, 3.05) is 6.61 Å². The summed E-state index contributed by atoms with van der Waals surface area (Å²) in [6, 6.07) is 15.3. The predicted octanol–water partition coefficient (Wildman–Crippen LogP) is 6.42. The molecule has 2 aromatic rings.